The molecule has 26 heavy (non-hydrogen) atoms. The van der Waals surface area contributed by atoms with Crippen molar-refractivity contribution in [1.82, 2.24) is 0 Å². The van der Waals surface area contributed by atoms with Gasteiger partial charge in [-0.3, -0.25) is 0 Å². The van der Waals surface area contributed by atoms with Crippen molar-refractivity contribution in [2.75, 3.05) is 20.3 Å². The molecule has 0 fully saturated rings. The molecule has 2 rings (SSSR count). The quantitative estimate of drug-likeness (QED) is 0.338. The highest BCUT2D eigenvalue weighted by atomic mass is 16.5. The zero-order valence-electron chi connectivity index (χ0n) is 16.1. The molecule has 0 N–H and O–H groups in total. The predicted octanol–water partition coefficient (Wildman–Crippen LogP) is 5.49. The van der Waals surface area contributed by atoms with E-state index in [0.29, 0.717) is 6.61 Å². The Labute approximate surface area is 156 Å². The first-order chi connectivity index (χ1) is 12.6. The summed E-state index contributed by atoms with van der Waals surface area (Å²) in [6.45, 7) is 8.66. The van der Waals surface area contributed by atoms with Gasteiger partial charge in [0.1, 0.15) is 5.76 Å². The van der Waals surface area contributed by atoms with Gasteiger partial charge >= 0.3 is 5.97 Å². The second-order valence-corrected chi connectivity index (χ2v) is 6.09. The molecule has 4 heteroatoms. The minimum atomic E-state index is -0.336. The number of rotatable bonds is 9. The lowest BCUT2D eigenvalue weighted by Crippen LogP contribution is -2.01. The van der Waals surface area contributed by atoms with Gasteiger partial charge in [0.15, 0.2) is 0 Å². The number of carbonyl (C=O) groups is 1. The Hall–Kier alpha value is -2.33. The lowest BCUT2D eigenvalue weighted by atomic mass is 10.1. The van der Waals surface area contributed by atoms with Gasteiger partial charge in [0.05, 0.1) is 12.9 Å². The summed E-state index contributed by atoms with van der Waals surface area (Å²) >= 11 is 0. The molecular formula is C22H30O4. The van der Waals surface area contributed by atoms with Gasteiger partial charge < -0.3 is 13.9 Å². The Morgan fingerprint density at radius 1 is 1.04 bits per heavy atom. The standard InChI is InChI=1S/C12H12O.C10H18O3/c1-9-3-5-11(6-4-9)12-7-10(2)13-8-12;1-3-10(11)13-9-7-5-4-6-8-12-2/h3-8H,1-2H3;3H,1,4-9H2,2H3. The van der Waals surface area contributed by atoms with Gasteiger partial charge in [-0.05, 0) is 44.7 Å². The maximum absolute atomic E-state index is 10.6. The van der Waals surface area contributed by atoms with Crippen LogP contribution in [0.5, 0.6) is 0 Å². The van der Waals surface area contributed by atoms with Crippen molar-refractivity contribution in [3.05, 3.63) is 60.6 Å². The summed E-state index contributed by atoms with van der Waals surface area (Å²) < 4.78 is 15.0. The number of hydrogen-bond donors (Lipinski definition) is 0. The molecule has 0 aliphatic heterocycles. The van der Waals surface area contributed by atoms with Gasteiger partial charge in [0.2, 0.25) is 0 Å². The zero-order valence-corrected chi connectivity index (χ0v) is 16.1. The molecule has 1 aromatic heterocycles. The van der Waals surface area contributed by atoms with Crippen molar-refractivity contribution in [3.63, 3.8) is 0 Å². The second kappa shape index (κ2) is 13.0. The van der Waals surface area contributed by atoms with E-state index in [-0.39, 0.29) is 5.97 Å². The first kappa shape index (κ1) is 21.7. The van der Waals surface area contributed by atoms with E-state index >= 15 is 0 Å². The number of carbonyl (C=O) groups excluding carboxylic acids is 1. The van der Waals surface area contributed by atoms with E-state index in [0.717, 1.165) is 43.6 Å². The second-order valence-electron chi connectivity index (χ2n) is 6.09. The van der Waals surface area contributed by atoms with Crippen molar-refractivity contribution < 1.29 is 18.7 Å². The Bertz CT molecular complexity index is 640. The number of ether oxygens (including phenoxy) is 2. The van der Waals surface area contributed by atoms with Gasteiger partial charge in [-0.2, -0.15) is 0 Å². The third-order valence-electron chi connectivity index (χ3n) is 3.77. The molecular weight excluding hydrogens is 328 g/mol. The molecule has 1 aromatic carbocycles. The summed E-state index contributed by atoms with van der Waals surface area (Å²) in [5.41, 5.74) is 3.64. The average Bonchev–Trinajstić information content (AvgIpc) is 3.08. The van der Waals surface area contributed by atoms with Crippen LogP contribution in [0.15, 0.2) is 53.7 Å². The maximum Gasteiger partial charge on any atom is 0.330 e. The normalized spacial score (nSPS) is 9.96. The maximum atomic E-state index is 10.6. The van der Waals surface area contributed by atoms with Crippen LogP contribution >= 0.6 is 0 Å². The molecule has 142 valence electrons. The number of aryl methyl sites for hydroxylation is 2. The Kier molecular flexibility index (Phi) is 10.8. The summed E-state index contributed by atoms with van der Waals surface area (Å²) in [5, 5.41) is 0. The van der Waals surface area contributed by atoms with Gasteiger partial charge in [-0.1, -0.05) is 42.8 Å². The minimum Gasteiger partial charge on any atom is -0.469 e. The molecule has 1 heterocycles. The molecule has 2 aromatic rings. The Morgan fingerprint density at radius 3 is 2.23 bits per heavy atom. The van der Waals surface area contributed by atoms with Crippen LogP contribution in [-0.4, -0.2) is 26.3 Å². The first-order valence-corrected chi connectivity index (χ1v) is 8.97. The van der Waals surface area contributed by atoms with Crippen LogP contribution in [-0.2, 0) is 14.3 Å². The SMILES string of the molecule is C=CC(=O)OCCCCCCOC.Cc1ccc(-c2coc(C)c2)cc1. The highest BCUT2D eigenvalue weighted by molar-refractivity contribution is 5.81. The topological polar surface area (TPSA) is 48.7 Å². The number of unbranched alkanes of at least 4 members (excludes halogenated alkanes) is 3. The molecule has 0 aliphatic rings. The van der Waals surface area contributed by atoms with E-state index in [1.165, 1.54) is 17.2 Å². The molecule has 0 amide bonds. The van der Waals surface area contributed by atoms with E-state index in [1.54, 1.807) is 13.4 Å². The summed E-state index contributed by atoms with van der Waals surface area (Å²) in [7, 11) is 1.70. The van der Waals surface area contributed by atoms with Crippen molar-refractivity contribution >= 4 is 5.97 Å². The Morgan fingerprint density at radius 2 is 1.69 bits per heavy atom. The lowest BCUT2D eigenvalue weighted by molar-refractivity contribution is -0.137. The summed E-state index contributed by atoms with van der Waals surface area (Å²) in [6.07, 6.45) is 7.17. The van der Waals surface area contributed by atoms with E-state index in [2.05, 4.69) is 37.8 Å². The third-order valence-corrected chi connectivity index (χ3v) is 3.77. The predicted molar refractivity (Wildman–Crippen MR) is 105 cm³/mol. The fourth-order valence-electron chi connectivity index (χ4n) is 2.27. The number of methoxy groups -OCH3 is 1. The fraction of sp³-hybridized carbons (Fsp3) is 0.409. The van der Waals surface area contributed by atoms with Gasteiger partial charge in [-0.25, -0.2) is 4.79 Å². The number of benzene rings is 1. The van der Waals surface area contributed by atoms with Crippen molar-refractivity contribution in [2.24, 2.45) is 0 Å². The van der Waals surface area contributed by atoms with Crippen molar-refractivity contribution in [1.29, 1.82) is 0 Å². The smallest absolute Gasteiger partial charge is 0.330 e. The highest BCUT2D eigenvalue weighted by Gasteiger charge is 1.99. The van der Waals surface area contributed by atoms with Crippen LogP contribution in [0.3, 0.4) is 0 Å². The fourth-order valence-corrected chi connectivity index (χ4v) is 2.27. The van der Waals surface area contributed by atoms with E-state index in [4.69, 9.17) is 13.9 Å². The molecule has 0 radical (unpaired) electrons. The Balaban J connectivity index is 0.000000260. The van der Waals surface area contributed by atoms with Gasteiger partial charge in [0, 0.05) is 25.4 Å². The monoisotopic (exact) mass is 358 g/mol. The lowest BCUT2D eigenvalue weighted by Gasteiger charge is -2.01. The van der Waals surface area contributed by atoms with Crippen molar-refractivity contribution in [2.45, 2.75) is 39.5 Å². The van der Waals surface area contributed by atoms with Crippen LogP contribution in [0.1, 0.15) is 37.0 Å². The third kappa shape index (κ3) is 9.23. The van der Waals surface area contributed by atoms with E-state index in [9.17, 15) is 4.79 Å². The summed E-state index contributed by atoms with van der Waals surface area (Å²) in [4.78, 5) is 10.6. The van der Waals surface area contributed by atoms with Crippen LogP contribution in [0.4, 0.5) is 0 Å². The summed E-state index contributed by atoms with van der Waals surface area (Å²) in [6, 6.07) is 10.5. The largest absolute Gasteiger partial charge is 0.469 e. The molecule has 4 nitrogen and oxygen atoms in total. The van der Waals surface area contributed by atoms with Crippen LogP contribution in [0, 0.1) is 13.8 Å². The molecule has 0 bridgehead atoms. The number of hydrogen-bond acceptors (Lipinski definition) is 4. The average molecular weight is 358 g/mol. The first-order valence-electron chi connectivity index (χ1n) is 8.97. The van der Waals surface area contributed by atoms with Crippen LogP contribution in [0.25, 0.3) is 11.1 Å². The zero-order chi connectivity index (χ0) is 19.2. The molecule has 0 unspecified atom stereocenters. The van der Waals surface area contributed by atoms with E-state index in [1.807, 2.05) is 13.0 Å². The summed E-state index contributed by atoms with van der Waals surface area (Å²) in [5.74, 6) is 0.618. The van der Waals surface area contributed by atoms with E-state index < -0.39 is 0 Å². The highest BCUT2D eigenvalue weighted by Crippen LogP contribution is 2.21. The van der Waals surface area contributed by atoms with Crippen LogP contribution in [0.2, 0.25) is 0 Å². The van der Waals surface area contributed by atoms with Gasteiger partial charge in [0.25, 0.3) is 0 Å². The molecule has 0 saturated carbocycles. The molecule has 0 atom stereocenters. The molecule has 0 aliphatic carbocycles. The van der Waals surface area contributed by atoms with Gasteiger partial charge in [-0.15, -0.1) is 0 Å². The molecule has 0 saturated heterocycles. The number of esters is 1. The number of furan rings is 1. The molecule has 0 spiro atoms. The van der Waals surface area contributed by atoms with Crippen molar-refractivity contribution in [3.8, 4) is 11.1 Å². The van der Waals surface area contributed by atoms with Crippen LogP contribution < -0.4 is 0 Å². The minimum absolute atomic E-state index is 0.336.